The molecule has 1 amide bonds. The van der Waals surface area contributed by atoms with E-state index in [0.717, 1.165) is 19.3 Å². The average molecular weight is 215 g/mol. The molecule has 1 saturated carbocycles. The van der Waals surface area contributed by atoms with Crippen LogP contribution in [0.2, 0.25) is 0 Å². The molecule has 4 nitrogen and oxygen atoms in total. The first-order valence-corrected chi connectivity index (χ1v) is 5.66. The fourth-order valence-corrected chi connectivity index (χ4v) is 2.54. The predicted octanol–water partition coefficient (Wildman–Crippen LogP) is 1.98. The zero-order valence-corrected chi connectivity index (χ0v) is 9.33. The van der Waals surface area contributed by atoms with Crippen LogP contribution in [0.1, 0.15) is 45.4 Å². The number of hydrogen-bond donors (Lipinski definition) is 3. The summed E-state index contributed by atoms with van der Waals surface area (Å²) in [5.74, 6) is 0. The second-order valence-corrected chi connectivity index (χ2v) is 4.90. The van der Waals surface area contributed by atoms with Gasteiger partial charge in [0, 0.05) is 0 Å². The smallest absolute Gasteiger partial charge is 0.404 e. The Balaban J connectivity index is 2.45. The molecule has 88 valence electrons. The van der Waals surface area contributed by atoms with Crippen LogP contribution in [0.25, 0.3) is 0 Å². The van der Waals surface area contributed by atoms with Crippen LogP contribution >= 0.6 is 0 Å². The molecule has 0 saturated heterocycles. The first-order valence-electron chi connectivity index (χ1n) is 5.66. The van der Waals surface area contributed by atoms with Gasteiger partial charge in [-0.05, 0) is 24.7 Å². The molecule has 0 heterocycles. The third kappa shape index (κ3) is 4.08. The molecule has 4 heteroatoms. The highest BCUT2D eigenvalue weighted by atomic mass is 16.4. The Kier molecular flexibility index (Phi) is 4.39. The molecule has 0 radical (unpaired) electrons. The van der Waals surface area contributed by atoms with Gasteiger partial charge in [0.1, 0.15) is 0 Å². The Morgan fingerprint density at radius 3 is 2.47 bits per heavy atom. The number of carboxylic acid groups (broad SMARTS) is 1. The number of aliphatic hydroxyl groups excluding tert-OH is 1. The maximum Gasteiger partial charge on any atom is 0.404 e. The van der Waals surface area contributed by atoms with Crippen LogP contribution in [0.4, 0.5) is 4.79 Å². The Bertz CT molecular complexity index is 212. The number of nitrogens with one attached hydrogen (secondary N) is 1. The number of aliphatic hydroxyl groups is 1. The monoisotopic (exact) mass is 215 g/mol. The molecular weight excluding hydrogens is 194 g/mol. The van der Waals surface area contributed by atoms with Crippen molar-refractivity contribution in [1.82, 2.24) is 5.32 Å². The largest absolute Gasteiger partial charge is 0.465 e. The van der Waals surface area contributed by atoms with E-state index in [-0.39, 0.29) is 18.1 Å². The Hall–Kier alpha value is -0.770. The van der Waals surface area contributed by atoms with Gasteiger partial charge >= 0.3 is 6.09 Å². The van der Waals surface area contributed by atoms with Crippen molar-refractivity contribution < 1.29 is 15.0 Å². The highest BCUT2D eigenvalue weighted by Gasteiger charge is 2.30. The van der Waals surface area contributed by atoms with E-state index in [0.29, 0.717) is 0 Å². The maximum absolute atomic E-state index is 10.5. The van der Waals surface area contributed by atoms with Gasteiger partial charge in [0.25, 0.3) is 0 Å². The van der Waals surface area contributed by atoms with Gasteiger partial charge in [-0.15, -0.1) is 0 Å². The zero-order valence-electron chi connectivity index (χ0n) is 9.33. The van der Waals surface area contributed by atoms with E-state index in [1.807, 2.05) is 0 Å². The van der Waals surface area contributed by atoms with Gasteiger partial charge in [0.05, 0.1) is 12.6 Å². The summed E-state index contributed by atoms with van der Waals surface area (Å²) in [5, 5.41) is 20.1. The van der Waals surface area contributed by atoms with Crippen LogP contribution in [-0.2, 0) is 0 Å². The van der Waals surface area contributed by atoms with E-state index >= 15 is 0 Å². The van der Waals surface area contributed by atoms with Gasteiger partial charge in [0.2, 0.25) is 0 Å². The van der Waals surface area contributed by atoms with Crippen molar-refractivity contribution in [3.8, 4) is 0 Å². The van der Waals surface area contributed by atoms with Crippen LogP contribution in [0.3, 0.4) is 0 Å². The molecular formula is C11H21NO3. The lowest BCUT2D eigenvalue weighted by atomic mass is 9.72. The van der Waals surface area contributed by atoms with Crippen LogP contribution in [-0.4, -0.2) is 29.0 Å². The van der Waals surface area contributed by atoms with Crippen LogP contribution < -0.4 is 5.32 Å². The molecule has 1 rings (SSSR count). The molecule has 1 atom stereocenters. The number of hydrogen-bond acceptors (Lipinski definition) is 2. The SMILES string of the molecule is CC1(CC(CO)NC(=O)O)CCCCC1. The Morgan fingerprint density at radius 1 is 1.40 bits per heavy atom. The molecule has 0 aromatic carbocycles. The third-order valence-corrected chi connectivity index (χ3v) is 3.35. The summed E-state index contributed by atoms with van der Waals surface area (Å²) < 4.78 is 0. The molecule has 1 aliphatic carbocycles. The average Bonchev–Trinajstić information content (AvgIpc) is 2.16. The number of carbonyl (C=O) groups is 1. The molecule has 0 aromatic heterocycles. The predicted molar refractivity (Wildman–Crippen MR) is 57.8 cm³/mol. The summed E-state index contributed by atoms with van der Waals surface area (Å²) in [5.41, 5.74) is 0.202. The summed E-state index contributed by atoms with van der Waals surface area (Å²) in [6, 6.07) is -0.314. The quantitative estimate of drug-likeness (QED) is 0.671. The van der Waals surface area contributed by atoms with E-state index in [1.54, 1.807) is 0 Å². The summed E-state index contributed by atoms with van der Waals surface area (Å²) in [4.78, 5) is 10.5. The van der Waals surface area contributed by atoms with E-state index < -0.39 is 6.09 Å². The second-order valence-electron chi connectivity index (χ2n) is 4.90. The van der Waals surface area contributed by atoms with E-state index in [2.05, 4.69) is 12.2 Å². The molecule has 0 aromatic rings. The van der Waals surface area contributed by atoms with Gasteiger partial charge in [-0.1, -0.05) is 26.2 Å². The van der Waals surface area contributed by atoms with Gasteiger partial charge in [0.15, 0.2) is 0 Å². The van der Waals surface area contributed by atoms with Crippen molar-refractivity contribution in [2.24, 2.45) is 5.41 Å². The highest BCUT2D eigenvalue weighted by molar-refractivity contribution is 5.64. The van der Waals surface area contributed by atoms with Crippen LogP contribution in [0.15, 0.2) is 0 Å². The zero-order chi connectivity index (χ0) is 11.3. The Labute approximate surface area is 90.7 Å². The first-order chi connectivity index (χ1) is 7.06. The summed E-state index contributed by atoms with van der Waals surface area (Å²) in [6.45, 7) is 2.08. The van der Waals surface area contributed by atoms with Crippen molar-refractivity contribution in [2.45, 2.75) is 51.5 Å². The third-order valence-electron chi connectivity index (χ3n) is 3.35. The van der Waals surface area contributed by atoms with E-state index in [1.165, 1.54) is 19.3 Å². The molecule has 0 aliphatic heterocycles. The Morgan fingerprint density at radius 2 is 2.00 bits per heavy atom. The number of rotatable bonds is 4. The summed E-state index contributed by atoms with van der Waals surface area (Å²) in [7, 11) is 0. The summed E-state index contributed by atoms with van der Waals surface area (Å²) in [6.07, 6.45) is 5.72. The summed E-state index contributed by atoms with van der Waals surface area (Å²) >= 11 is 0. The lowest BCUT2D eigenvalue weighted by Crippen LogP contribution is -2.40. The van der Waals surface area contributed by atoms with Gasteiger partial charge < -0.3 is 15.5 Å². The molecule has 1 unspecified atom stereocenters. The van der Waals surface area contributed by atoms with Gasteiger partial charge in [-0.25, -0.2) is 4.79 Å². The van der Waals surface area contributed by atoms with Crippen molar-refractivity contribution in [1.29, 1.82) is 0 Å². The van der Waals surface area contributed by atoms with E-state index in [4.69, 9.17) is 10.2 Å². The fraction of sp³-hybridized carbons (Fsp3) is 0.909. The van der Waals surface area contributed by atoms with Crippen LogP contribution in [0, 0.1) is 5.41 Å². The number of amides is 1. The first kappa shape index (κ1) is 12.3. The molecule has 15 heavy (non-hydrogen) atoms. The second kappa shape index (κ2) is 5.35. The van der Waals surface area contributed by atoms with Crippen LogP contribution in [0.5, 0.6) is 0 Å². The van der Waals surface area contributed by atoms with E-state index in [9.17, 15) is 4.79 Å². The minimum Gasteiger partial charge on any atom is -0.465 e. The molecule has 1 fully saturated rings. The lowest BCUT2D eigenvalue weighted by molar-refractivity contribution is 0.132. The molecule has 3 N–H and O–H groups in total. The standard InChI is InChI=1S/C11H21NO3/c1-11(5-3-2-4-6-11)7-9(8-13)12-10(14)15/h9,12-13H,2-8H2,1H3,(H,14,15). The van der Waals surface area contributed by atoms with Gasteiger partial charge in [-0.3, -0.25) is 0 Å². The highest BCUT2D eigenvalue weighted by Crippen LogP contribution is 2.39. The van der Waals surface area contributed by atoms with Gasteiger partial charge in [-0.2, -0.15) is 0 Å². The molecule has 0 spiro atoms. The van der Waals surface area contributed by atoms with Crippen molar-refractivity contribution in [3.05, 3.63) is 0 Å². The lowest BCUT2D eigenvalue weighted by Gasteiger charge is -2.36. The molecule has 1 aliphatic rings. The van der Waals surface area contributed by atoms with Crippen molar-refractivity contribution in [2.75, 3.05) is 6.61 Å². The topological polar surface area (TPSA) is 69.6 Å². The minimum absolute atomic E-state index is 0.109. The maximum atomic E-state index is 10.5. The van der Waals surface area contributed by atoms with Crippen molar-refractivity contribution in [3.63, 3.8) is 0 Å². The molecule has 0 bridgehead atoms. The normalized spacial score (nSPS) is 22.0. The fourth-order valence-electron chi connectivity index (χ4n) is 2.54. The van der Waals surface area contributed by atoms with Crippen molar-refractivity contribution >= 4 is 6.09 Å². The minimum atomic E-state index is -1.05.